The van der Waals surface area contributed by atoms with Crippen LogP contribution in [0, 0.1) is 0 Å². The number of amidine groups is 1. The number of amides is 1. The van der Waals surface area contributed by atoms with Crippen LogP contribution in [0.2, 0.25) is 0 Å². The Balaban J connectivity index is 1.71. The van der Waals surface area contributed by atoms with E-state index in [1.54, 1.807) is 42.8 Å². The highest BCUT2D eigenvalue weighted by Gasteiger charge is 2.39. The zero-order chi connectivity index (χ0) is 23.5. The summed E-state index contributed by atoms with van der Waals surface area (Å²) in [7, 11) is 1.66. The summed E-state index contributed by atoms with van der Waals surface area (Å²) in [6.07, 6.45) is 1.89. The number of carbonyl (C=O) groups excluding carboxylic acids is 2. The van der Waals surface area contributed by atoms with Gasteiger partial charge in [-0.3, -0.25) is 14.5 Å². The lowest BCUT2D eigenvalue weighted by molar-refractivity contribution is -0.122. The molecule has 1 saturated heterocycles. The summed E-state index contributed by atoms with van der Waals surface area (Å²) in [6.45, 7) is 7.11. The minimum Gasteiger partial charge on any atom is -0.497 e. The van der Waals surface area contributed by atoms with Crippen LogP contribution < -0.4 is 9.64 Å². The zero-order valence-corrected chi connectivity index (χ0v) is 20.9. The Morgan fingerprint density at radius 2 is 1.82 bits per heavy atom. The van der Waals surface area contributed by atoms with Gasteiger partial charge in [0.1, 0.15) is 15.7 Å². The molecule has 4 rings (SSSR count). The van der Waals surface area contributed by atoms with E-state index >= 15 is 0 Å². The number of carbonyl (C=O) groups is 2. The van der Waals surface area contributed by atoms with Gasteiger partial charge in [-0.05, 0) is 68.4 Å². The number of fused-ring (bicyclic) bond motifs is 1. The molecule has 33 heavy (non-hydrogen) atoms. The maximum absolute atomic E-state index is 13.5. The number of ether oxygens (including phenoxy) is 1. The van der Waals surface area contributed by atoms with E-state index in [0.717, 1.165) is 46.4 Å². The van der Waals surface area contributed by atoms with Crippen LogP contribution >= 0.6 is 23.5 Å². The molecule has 0 spiro atoms. The number of unbranched alkanes of at least 4 members (excludes halogenated alkanes) is 1. The number of rotatable bonds is 7. The zero-order valence-electron chi connectivity index (χ0n) is 19.3. The second kappa shape index (κ2) is 10.1. The third-order valence-corrected chi connectivity index (χ3v) is 7.90. The standard InChI is InChI=1S/C25H27N3O3S2/c1-5-7-14-28-23(30)22(33-25(28)26-18-10-8-17(9-11-18)16(3)29)24-27(6-2)20-15-19(31-4)12-13-21(20)32-24/h8-13,15H,5-7,14H2,1-4H3/b24-22-,26-25?. The van der Waals surface area contributed by atoms with Crippen molar-refractivity contribution in [3.8, 4) is 5.75 Å². The van der Waals surface area contributed by atoms with Crippen LogP contribution in [0.15, 0.2) is 62.3 Å². The Kier molecular flexibility index (Phi) is 7.14. The van der Waals surface area contributed by atoms with E-state index in [1.807, 2.05) is 30.3 Å². The molecule has 8 heteroatoms. The second-order valence-corrected chi connectivity index (χ2v) is 9.73. The first-order valence-electron chi connectivity index (χ1n) is 11.0. The van der Waals surface area contributed by atoms with Crippen LogP contribution in [0.5, 0.6) is 5.75 Å². The van der Waals surface area contributed by atoms with Crippen molar-refractivity contribution in [2.45, 2.75) is 38.5 Å². The van der Waals surface area contributed by atoms with Gasteiger partial charge >= 0.3 is 0 Å². The van der Waals surface area contributed by atoms with E-state index in [1.165, 1.54) is 11.8 Å². The van der Waals surface area contributed by atoms with Gasteiger partial charge in [0.15, 0.2) is 11.0 Å². The number of ketones is 1. The lowest BCUT2D eigenvalue weighted by Crippen LogP contribution is -2.30. The van der Waals surface area contributed by atoms with Crippen molar-refractivity contribution in [3.05, 3.63) is 58.0 Å². The predicted molar refractivity (Wildman–Crippen MR) is 137 cm³/mol. The molecule has 1 amide bonds. The molecule has 0 unspecified atom stereocenters. The topological polar surface area (TPSA) is 62.2 Å². The number of methoxy groups -OCH3 is 1. The van der Waals surface area contributed by atoms with E-state index < -0.39 is 0 Å². The minimum atomic E-state index is -0.00622. The first-order valence-corrected chi connectivity index (χ1v) is 12.7. The molecule has 172 valence electrons. The molecule has 2 aliphatic heterocycles. The fraction of sp³-hybridized carbons (Fsp3) is 0.320. The number of anilines is 1. The number of nitrogens with zero attached hydrogens (tertiary/aromatic N) is 3. The number of Topliss-reactive ketones (excluding diaryl/α,β-unsaturated/α-hetero) is 1. The molecule has 0 saturated carbocycles. The quantitative estimate of drug-likeness (QED) is 0.354. The first-order chi connectivity index (χ1) is 16.0. The Morgan fingerprint density at radius 1 is 1.06 bits per heavy atom. The Hall–Kier alpha value is -2.71. The molecule has 0 radical (unpaired) electrons. The van der Waals surface area contributed by atoms with Gasteiger partial charge < -0.3 is 9.64 Å². The molecule has 2 aliphatic rings. The van der Waals surface area contributed by atoms with Gasteiger partial charge in [-0.1, -0.05) is 25.1 Å². The van der Waals surface area contributed by atoms with Crippen LogP contribution in [0.1, 0.15) is 44.0 Å². The maximum atomic E-state index is 13.5. The van der Waals surface area contributed by atoms with Crippen molar-refractivity contribution in [1.82, 2.24) is 4.90 Å². The van der Waals surface area contributed by atoms with Crippen molar-refractivity contribution >= 4 is 51.8 Å². The molecule has 1 fully saturated rings. The number of aliphatic imine (C=N–C) groups is 1. The largest absolute Gasteiger partial charge is 0.497 e. The monoisotopic (exact) mass is 481 g/mol. The predicted octanol–water partition coefficient (Wildman–Crippen LogP) is 6.06. The van der Waals surface area contributed by atoms with Gasteiger partial charge in [0.05, 0.1) is 18.5 Å². The van der Waals surface area contributed by atoms with Crippen molar-refractivity contribution in [1.29, 1.82) is 0 Å². The van der Waals surface area contributed by atoms with Crippen LogP contribution in [0.4, 0.5) is 11.4 Å². The summed E-state index contributed by atoms with van der Waals surface area (Å²) in [4.78, 5) is 35.7. The molecular formula is C25H27N3O3S2. The summed E-state index contributed by atoms with van der Waals surface area (Å²) < 4.78 is 5.41. The Bertz CT molecular complexity index is 1140. The molecule has 0 aromatic heterocycles. The molecule has 0 aliphatic carbocycles. The first kappa shape index (κ1) is 23.4. The van der Waals surface area contributed by atoms with E-state index in [9.17, 15) is 9.59 Å². The number of hydrogen-bond acceptors (Lipinski definition) is 7. The van der Waals surface area contributed by atoms with Gasteiger partial charge in [0.25, 0.3) is 5.91 Å². The minimum absolute atomic E-state index is 0.00622. The van der Waals surface area contributed by atoms with E-state index in [4.69, 9.17) is 9.73 Å². The van der Waals surface area contributed by atoms with Crippen LogP contribution in [-0.2, 0) is 4.79 Å². The van der Waals surface area contributed by atoms with Crippen LogP contribution in [0.3, 0.4) is 0 Å². The average molecular weight is 482 g/mol. The van der Waals surface area contributed by atoms with Crippen molar-refractivity contribution in [2.75, 3.05) is 25.1 Å². The van der Waals surface area contributed by atoms with E-state index in [2.05, 4.69) is 18.7 Å². The summed E-state index contributed by atoms with van der Waals surface area (Å²) in [5.74, 6) is 0.809. The molecule has 2 heterocycles. The summed E-state index contributed by atoms with van der Waals surface area (Å²) in [5.41, 5.74) is 2.43. The van der Waals surface area contributed by atoms with Gasteiger partial charge in [0, 0.05) is 29.6 Å². The molecule has 6 nitrogen and oxygen atoms in total. The van der Waals surface area contributed by atoms with Crippen LogP contribution in [0.25, 0.3) is 0 Å². The number of benzene rings is 2. The molecule has 0 bridgehead atoms. The number of thioether (sulfide) groups is 2. The average Bonchev–Trinajstić information content (AvgIpc) is 3.34. The highest BCUT2D eigenvalue weighted by Crippen LogP contribution is 2.51. The molecule has 0 N–H and O–H groups in total. The molecule has 2 aromatic carbocycles. The SMILES string of the molecule is CCCCN1C(=O)/C(=C2/Sc3ccc(OC)cc3N2CC)SC1=Nc1ccc(C(C)=O)cc1. The van der Waals surface area contributed by atoms with Gasteiger partial charge in [-0.15, -0.1) is 0 Å². The van der Waals surface area contributed by atoms with E-state index in [0.29, 0.717) is 22.2 Å². The second-order valence-electron chi connectivity index (χ2n) is 7.72. The summed E-state index contributed by atoms with van der Waals surface area (Å²) in [5, 5.41) is 1.62. The van der Waals surface area contributed by atoms with Crippen molar-refractivity contribution in [2.24, 2.45) is 4.99 Å². The smallest absolute Gasteiger partial charge is 0.269 e. The third-order valence-electron chi connectivity index (χ3n) is 5.52. The fourth-order valence-electron chi connectivity index (χ4n) is 3.69. The Labute approximate surface area is 203 Å². The van der Waals surface area contributed by atoms with Gasteiger partial charge in [-0.2, -0.15) is 0 Å². The Morgan fingerprint density at radius 3 is 2.45 bits per heavy atom. The number of hydrogen-bond donors (Lipinski definition) is 0. The third kappa shape index (κ3) is 4.68. The normalized spacial score (nSPS) is 18.9. The van der Waals surface area contributed by atoms with Gasteiger partial charge in [-0.25, -0.2) is 4.99 Å². The summed E-state index contributed by atoms with van der Waals surface area (Å²) >= 11 is 3.04. The maximum Gasteiger partial charge on any atom is 0.269 e. The molecule has 0 atom stereocenters. The fourth-order valence-corrected chi connectivity index (χ4v) is 6.08. The van der Waals surface area contributed by atoms with Crippen molar-refractivity contribution < 1.29 is 14.3 Å². The summed E-state index contributed by atoms with van der Waals surface area (Å²) in [6, 6.07) is 13.2. The molecule has 2 aromatic rings. The lowest BCUT2D eigenvalue weighted by atomic mass is 10.1. The molecular weight excluding hydrogens is 454 g/mol. The lowest BCUT2D eigenvalue weighted by Gasteiger charge is -2.19. The van der Waals surface area contributed by atoms with E-state index in [-0.39, 0.29) is 11.7 Å². The highest BCUT2D eigenvalue weighted by atomic mass is 32.2. The van der Waals surface area contributed by atoms with Gasteiger partial charge in [0.2, 0.25) is 0 Å². The van der Waals surface area contributed by atoms with Crippen LogP contribution in [-0.4, -0.2) is 42.0 Å². The van der Waals surface area contributed by atoms with Crippen molar-refractivity contribution in [3.63, 3.8) is 0 Å². The highest BCUT2D eigenvalue weighted by molar-refractivity contribution is 8.19.